The fraction of sp³-hybridized carbons (Fsp3) is 0.571. The number of aromatic nitrogens is 2. The molecule has 0 aliphatic heterocycles. The summed E-state index contributed by atoms with van der Waals surface area (Å²) in [5.74, 6) is 0.929. The van der Waals surface area contributed by atoms with Gasteiger partial charge in [-0.05, 0) is 69.4 Å². The maximum absolute atomic E-state index is 13.0. The molecule has 4 saturated carbocycles. The Hall–Kier alpha value is -1.88. The minimum Gasteiger partial charge on any atom is -0.459 e. The van der Waals surface area contributed by atoms with E-state index in [1.54, 1.807) is 10.5 Å². The van der Waals surface area contributed by atoms with E-state index in [9.17, 15) is 9.59 Å². The normalized spacial score (nSPS) is 34.1. The van der Waals surface area contributed by atoms with Crippen LogP contribution in [0.25, 0.3) is 5.65 Å². The Bertz CT molecular complexity index is 985. The van der Waals surface area contributed by atoms with Gasteiger partial charge in [-0.3, -0.25) is 14.0 Å². The second-order valence-electron chi connectivity index (χ2n) is 8.91. The molecule has 0 spiro atoms. The molecule has 6 rings (SSSR count). The minimum absolute atomic E-state index is 0.0326. The molecular weight excluding hydrogens is 364 g/mol. The van der Waals surface area contributed by atoms with Crippen molar-refractivity contribution in [2.45, 2.75) is 56.9 Å². The van der Waals surface area contributed by atoms with Gasteiger partial charge < -0.3 is 4.74 Å². The third-order valence-corrected chi connectivity index (χ3v) is 7.15. The Morgan fingerprint density at radius 3 is 2.74 bits per heavy atom. The highest BCUT2D eigenvalue weighted by Crippen LogP contribution is 2.64. The Balaban J connectivity index is 1.37. The number of carbonyl (C=O) groups is 1. The largest absolute Gasteiger partial charge is 0.459 e. The van der Waals surface area contributed by atoms with Crippen LogP contribution in [0.5, 0.6) is 0 Å². The number of halogens is 1. The van der Waals surface area contributed by atoms with Gasteiger partial charge >= 0.3 is 5.97 Å². The van der Waals surface area contributed by atoms with E-state index < -0.39 is 5.41 Å². The van der Waals surface area contributed by atoms with Crippen molar-refractivity contribution >= 4 is 23.2 Å². The molecule has 27 heavy (non-hydrogen) atoms. The number of aryl methyl sites for hydroxylation is 1. The van der Waals surface area contributed by atoms with Crippen LogP contribution in [0.4, 0.5) is 0 Å². The SMILES string of the molecule is Cc1cccc2nc(COC(=O)C34C[C@@H]5C[C@@H](CC(Cl)(C5)C3)C4)cc(=O)n12. The molecule has 4 aliphatic carbocycles. The average molecular weight is 387 g/mol. The summed E-state index contributed by atoms with van der Waals surface area (Å²) in [6.45, 7) is 1.90. The summed E-state index contributed by atoms with van der Waals surface area (Å²) in [6.07, 6.45) is 5.77. The fourth-order valence-corrected chi connectivity index (χ4v) is 6.81. The molecular formula is C21H23ClN2O3. The van der Waals surface area contributed by atoms with E-state index in [0.717, 1.165) is 37.8 Å². The highest BCUT2D eigenvalue weighted by molar-refractivity contribution is 6.24. The number of rotatable bonds is 3. The van der Waals surface area contributed by atoms with E-state index in [1.807, 2.05) is 19.1 Å². The van der Waals surface area contributed by atoms with Gasteiger partial charge in [0, 0.05) is 16.6 Å². The predicted octanol–water partition coefficient (Wildman–Crippen LogP) is 3.62. The summed E-state index contributed by atoms with van der Waals surface area (Å²) >= 11 is 6.82. The highest BCUT2D eigenvalue weighted by Gasteiger charge is 2.60. The Labute approximate surface area is 162 Å². The van der Waals surface area contributed by atoms with Crippen molar-refractivity contribution in [3.63, 3.8) is 0 Å². The van der Waals surface area contributed by atoms with Crippen molar-refractivity contribution in [1.82, 2.24) is 9.38 Å². The number of carbonyl (C=O) groups excluding carboxylic acids is 1. The van der Waals surface area contributed by atoms with Gasteiger partial charge in [-0.1, -0.05) is 6.07 Å². The van der Waals surface area contributed by atoms with Gasteiger partial charge in [0.1, 0.15) is 12.3 Å². The van der Waals surface area contributed by atoms with E-state index in [1.165, 1.54) is 12.5 Å². The van der Waals surface area contributed by atoms with Gasteiger partial charge in [0.05, 0.1) is 11.1 Å². The quantitative estimate of drug-likeness (QED) is 0.597. The van der Waals surface area contributed by atoms with Gasteiger partial charge in [0.15, 0.2) is 0 Å². The molecule has 5 nitrogen and oxygen atoms in total. The number of alkyl halides is 1. The van der Waals surface area contributed by atoms with E-state index in [0.29, 0.717) is 23.2 Å². The number of hydrogen-bond acceptors (Lipinski definition) is 4. The molecule has 2 heterocycles. The molecule has 2 aromatic heterocycles. The summed E-state index contributed by atoms with van der Waals surface area (Å²) in [7, 11) is 0. The van der Waals surface area contributed by atoms with Crippen LogP contribution < -0.4 is 5.56 Å². The van der Waals surface area contributed by atoms with Crippen LogP contribution in [-0.2, 0) is 16.1 Å². The van der Waals surface area contributed by atoms with E-state index in [2.05, 4.69) is 4.98 Å². The number of pyridine rings is 1. The van der Waals surface area contributed by atoms with Crippen LogP contribution in [0, 0.1) is 24.2 Å². The smallest absolute Gasteiger partial charge is 0.312 e. The number of esters is 1. The van der Waals surface area contributed by atoms with Crippen LogP contribution in [0.3, 0.4) is 0 Å². The van der Waals surface area contributed by atoms with Crippen molar-refractivity contribution in [3.8, 4) is 0 Å². The zero-order valence-corrected chi connectivity index (χ0v) is 16.2. The number of nitrogens with zero attached hydrogens (tertiary/aromatic N) is 2. The minimum atomic E-state index is -0.436. The molecule has 0 radical (unpaired) electrons. The lowest BCUT2D eigenvalue weighted by atomic mass is 9.49. The van der Waals surface area contributed by atoms with Gasteiger partial charge in [0.25, 0.3) is 5.56 Å². The highest BCUT2D eigenvalue weighted by atomic mass is 35.5. The van der Waals surface area contributed by atoms with Gasteiger partial charge in [-0.25, -0.2) is 4.98 Å². The average Bonchev–Trinajstić information content (AvgIpc) is 2.57. The first kappa shape index (κ1) is 17.2. The first-order valence-corrected chi connectivity index (χ1v) is 10.1. The zero-order valence-electron chi connectivity index (χ0n) is 15.4. The first-order valence-electron chi connectivity index (χ1n) is 9.70. The van der Waals surface area contributed by atoms with Gasteiger partial charge in [-0.15, -0.1) is 11.6 Å². The first-order chi connectivity index (χ1) is 12.9. The molecule has 4 aliphatic rings. The molecule has 4 atom stereocenters. The molecule has 0 N–H and O–H groups in total. The Morgan fingerprint density at radius 1 is 1.30 bits per heavy atom. The van der Waals surface area contributed by atoms with Crippen molar-refractivity contribution in [3.05, 3.63) is 46.0 Å². The third kappa shape index (κ3) is 2.78. The van der Waals surface area contributed by atoms with Crippen LogP contribution in [-0.4, -0.2) is 20.2 Å². The van der Waals surface area contributed by atoms with E-state index in [4.69, 9.17) is 16.3 Å². The summed E-state index contributed by atoms with van der Waals surface area (Å²) in [6, 6.07) is 6.97. The number of hydrogen-bond donors (Lipinski definition) is 0. The molecule has 4 fully saturated rings. The van der Waals surface area contributed by atoms with Crippen molar-refractivity contribution in [2.24, 2.45) is 17.3 Å². The maximum Gasteiger partial charge on any atom is 0.312 e. The van der Waals surface area contributed by atoms with Crippen LogP contribution in [0.1, 0.15) is 49.9 Å². The van der Waals surface area contributed by atoms with Crippen LogP contribution >= 0.6 is 11.6 Å². The topological polar surface area (TPSA) is 60.7 Å². The molecule has 2 aromatic rings. The van der Waals surface area contributed by atoms with Gasteiger partial charge in [-0.2, -0.15) is 0 Å². The van der Waals surface area contributed by atoms with Crippen LogP contribution in [0.15, 0.2) is 29.1 Å². The summed E-state index contributed by atoms with van der Waals surface area (Å²) in [5.41, 5.74) is 1.30. The lowest BCUT2D eigenvalue weighted by molar-refractivity contribution is -0.171. The second kappa shape index (κ2) is 5.81. The van der Waals surface area contributed by atoms with Crippen molar-refractivity contribution < 1.29 is 9.53 Å². The zero-order chi connectivity index (χ0) is 18.8. The summed E-state index contributed by atoms with van der Waals surface area (Å²) in [5, 5.41) is 0. The number of fused-ring (bicyclic) bond motifs is 1. The van der Waals surface area contributed by atoms with Crippen molar-refractivity contribution in [2.75, 3.05) is 0 Å². The second-order valence-corrected chi connectivity index (χ2v) is 9.72. The van der Waals surface area contributed by atoms with Crippen molar-refractivity contribution in [1.29, 1.82) is 0 Å². The third-order valence-electron chi connectivity index (χ3n) is 6.71. The van der Waals surface area contributed by atoms with Crippen LogP contribution in [0.2, 0.25) is 0 Å². The Morgan fingerprint density at radius 2 is 2.04 bits per heavy atom. The molecule has 0 amide bonds. The molecule has 0 aromatic carbocycles. The monoisotopic (exact) mass is 386 g/mol. The fourth-order valence-electron chi connectivity index (χ4n) is 6.12. The summed E-state index contributed by atoms with van der Waals surface area (Å²) < 4.78 is 7.24. The standard InChI is InChI=1S/C21H23ClN2O3/c1-13-3-2-4-17-23-16(6-18(25)24(13)17)11-27-19(26)20-7-14-5-15(8-20)10-21(22,9-14)12-20/h2-4,6,14-15H,5,7-12H2,1H3/t14-,15+,20?,21?. The molecule has 6 heteroatoms. The van der Waals surface area contributed by atoms with E-state index in [-0.39, 0.29) is 23.0 Å². The molecule has 2 unspecified atom stereocenters. The molecule has 4 bridgehead atoms. The predicted molar refractivity (Wildman–Crippen MR) is 102 cm³/mol. The summed E-state index contributed by atoms with van der Waals surface area (Å²) in [4.78, 5) is 29.7. The maximum atomic E-state index is 13.0. The molecule has 0 saturated heterocycles. The lowest BCUT2D eigenvalue weighted by Crippen LogP contribution is -2.56. The van der Waals surface area contributed by atoms with Gasteiger partial charge in [0.2, 0.25) is 0 Å². The van der Waals surface area contributed by atoms with E-state index >= 15 is 0 Å². The lowest BCUT2D eigenvalue weighted by Gasteiger charge is -2.58. The number of ether oxygens (including phenoxy) is 1. The Kier molecular flexibility index (Phi) is 3.71. The molecule has 142 valence electrons.